The number of carbonyl (C=O) groups is 3. The molecule has 1 N–H and O–H groups in total. The lowest BCUT2D eigenvalue weighted by atomic mass is 10.1. The minimum atomic E-state index is -0.448. The van der Waals surface area contributed by atoms with Crippen LogP contribution in [0.3, 0.4) is 0 Å². The first kappa shape index (κ1) is 21.9. The van der Waals surface area contributed by atoms with Crippen LogP contribution in [-0.4, -0.2) is 33.1 Å². The number of hydrogen-bond donors (Lipinski definition) is 1. The number of fused-ring (bicyclic) bond motifs is 1. The number of para-hydroxylation sites is 1. The number of benzene rings is 2. The van der Waals surface area contributed by atoms with Gasteiger partial charge in [-0.3, -0.25) is 19.3 Å². The summed E-state index contributed by atoms with van der Waals surface area (Å²) < 4.78 is 2.14. The van der Waals surface area contributed by atoms with Gasteiger partial charge in [-0.25, -0.2) is 0 Å². The van der Waals surface area contributed by atoms with Gasteiger partial charge in [-0.1, -0.05) is 24.3 Å². The molecule has 1 aliphatic rings. The molecule has 0 atom stereocenters. The Balaban J connectivity index is 1.54. The van der Waals surface area contributed by atoms with Crippen LogP contribution in [0.2, 0.25) is 0 Å². The van der Waals surface area contributed by atoms with Crippen molar-refractivity contribution >= 4 is 51.5 Å². The number of imide groups is 1. The first-order chi connectivity index (χ1) is 15.2. The van der Waals surface area contributed by atoms with E-state index in [9.17, 15) is 14.4 Å². The molecule has 1 aliphatic heterocycles. The molecule has 1 saturated heterocycles. The molecule has 7 heteroatoms. The summed E-state index contributed by atoms with van der Waals surface area (Å²) in [6, 6.07) is 13.8. The average Bonchev–Trinajstić information content (AvgIpc) is 3.24. The normalized spacial score (nSPS) is 15.4. The van der Waals surface area contributed by atoms with Crippen molar-refractivity contribution in [1.82, 2.24) is 9.47 Å². The fourth-order valence-corrected chi connectivity index (χ4v) is 4.54. The highest BCUT2D eigenvalue weighted by atomic mass is 32.2. The molecule has 1 fully saturated rings. The number of amides is 3. The van der Waals surface area contributed by atoms with Crippen molar-refractivity contribution in [3.63, 3.8) is 0 Å². The molecule has 0 unspecified atom stereocenters. The molecule has 0 saturated carbocycles. The number of thioether (sulfide) groups is 1. The van der Waals surface area contributed by atoms with Crippen LogP contribution in [0.25, 0.3) is 17.0 Å². The zero-order valence-corrected chi connectivity index (χ0v) is 19.3. The van der Waals surface area contributed by atoms with Crippen LogP contribution in [0.4, 0.5) is 10.5 Å². The number of nitrogens with zero attached hydrogens (tertiary/aromatic N) is 2. The summed E-state index contributed by atoms with van der Waals surface area (Å²) in [7, 11) is 0. The molecule has 0 aliphatic carbocycles. The van der Waals surface area contributed by atoms with Crippen LogP contribution in [0, 0.1) is 13.8 Å². The number of aromatic nitrogens is 1. The molecule has 4 rings (SSSR count). The fraction of sp³-hybridized carbons (Fsp3) is 0.240. The van der Waals surface area contributed by atoms with Crippen LogP contribution >= 0.6 is 11.8 Å². The number of hydrogen-bond acceptors (Lipinski definition) is 4. The van der Waals surface area contributed by atoms with Gasteiger partial charge in [0.1, 0.15) is 6.54 Å². The fourth-order valence-electron chi connectivity index (χ4n) is 3.71. The minimum Gasteiger partial charge on any atom is -0.344 e. The maximum absolute atomic E-state index is 12.9. The van der Waals surface area contributed by atoms with Gasteiger partial charge in [-0.15, -0.1) is 0 Å². The van der Waals surface area contributed by atoms with E-state index in [1.807, 2.05) is 56.4 Å². The summed E-state index contributed by atoms with van der Waals surface area (Å²) in [6.07, 6.45) is 3.74. The van der Waals surface area contributed by atoms with Crippen molar-refractivity contribution in [2.45, 2.75) is 33.7 Å². The van der Waals surface area contributed by atoms with E-state index in [2.05, 4.69) is 23.7 Å². The number of nitrogens with one attached hydrogen (secondary N) is 1. The molecule has 0 radical (unpaired) electrons. The van der Waals surface area contributed by atoms with E-state index >= 15 is 0 Å². The summed E-state index contributed by atoms with van der Waals surface area (Å²) in [5.41, 5.74) is 4.76. The standard InChI is InChI=1S/C25H25N3O3S/c1-15(2)27-13-18(20-7-5-6-8-21(20)27)12-22-24(30)28(25(31)32-22)14-23(29)26-19-10-9-16(3)17(4)11-19/h5-13,15H,14H2,1-4H3,(H,26,29)/b22-12+. The summed E-state index contributed by atoms with van der Waals surface area (Å²) in [5.74, 6) is -0.857. The Bertz CT molecular complexity index is 1270. The Morgan fingerprint density at radius 1 is 1.09 bits per heavy atom. The summed E-state index contributed by atoms with van der Waals surface area (Å²) in [6.45, 7) is 7.83. The summed E-state index contributed by atoms with van der Waals surface area (Å²) >= 11 is 0.865. The van der Waals surface area contributed by atoms with Crippen molar-refractivity contribution in [1.29, 1.82) is 0 Å². The van der Waals surface area contributed by atoms with Gasteiger partial charge in [0.2, 0.25) is 5.91 Å². The largest absolute Gasteiger partial charge is 0.344 e. The van der Waals surface area contributed by atoms with Gasteiger partial charge in [0, 0.05) is 34.4 Å². The van der Waals surface area contributed by atoms with Gasteiger partial charge in [-0.2, -0.15) is 0 Å². The van der Waals surface area contributed by atoms with E-state index in [0.717, 1.165) is 44.3 Å². The van der Waals surface area contributed by atoms with E-state index in [1.54, 1.807) is 12.1 Å². The average molecular weight is 448 g/mol. The quantitative estimate of drug-likeness (QED) is 0.523. The minimum absolute atomic E-state index is 0.256. The Morgan fingerprint density at radius 2 is 1.84 bits per heavy atom. The number of carbonyl (C=O) groups excluding carboxylic acids is 3. The van der Waals surface area contributed by atoms with Gasteiger partial charge < -0.3 is 9.88 Å². The molecule has 0 spiro atoms. The van der Waals surface area contributed by atoms with Crippen LogP contribution in [0.15, 0.2) is 53.6 Å². The molecule has 3 aromatic rings. The molecule has 3 amide bonds. The van der Waals surface area contributed by atoms with E-state index in [0.29, 0.717) is 10.6 Å². The first-order valence-corrected chi connectivity index (χ1v) is 11.3. The predicted octanol–water partition coefficient (Wildman–Crippen LogP) is 5.51. The molecule has 1 aromatic heterocycles. The highest BCUT2D eigenvalue weighted by Crippen LogP contribution is 2.34. The molecule has 164 valence electrons. The maximum Gasteiger partial charge on any atom is 0.294 e. The van der Waals surface area contributed by atoms with Crippen molar-refractivity contribution < 1.29 is 14.4 Å². The third-order valence-corrected chi connectivity index (χ3v) is 6.49. The van der Waals surface area contributed by atoms with E-state index < -0.39 is 17.1 Å². The van der Waals surface area contributed by atoms with Crippen LogP contribution < -0.4 is 5.32 Å². The highest BCUT2D eigenvalue weighted by molar-refractivity contribution is 8.18. The monoisotopic (exact) mass is 447 g/mol. The van der Waals surface area contributed by atoms with Crippen molar-refractivity contribution in [3.05, 3.63) is 70.3 Å². The first-order valence-electron chi connectivity index (χ1n) is 10.5. The van der Waals surface area contributed by atoms with Crippen molar-refractivity contribution in [2.75, 3.05) is 11.9 Å². The van der Waals surface area contributed by atoms with Crippen molar-refractivity contribution in [3.8, 4) is 0 Å². The highest BCUT2D eigenvalue weighted by Gasteiger charge is 2.36. The smallest absolute Gasteiger partial charge is 0.294 e. The topological polar surface area (TPSA) is 71.4 Å². The number of aryl methyl sites for hydroxylation is 2. The lowest BCUT2D eigenvalue weighted by molar-refractivity contribution is -0.127. The van der Waals surface area contributed by atoms with Crippen molar-refractivity contribution in [2.24, 2.45) is 0 Å². The second-order valence-corrected chi connectivity index (χ2v) is 9.21. The molecular formula is C25H25N3O3S. The molecular weight excluding hydrogens is 422 g/mol. The Morgan fingerprint density at radius 3 is 2.56 bits per heavy atom. The predicted molar refractivity (Wildman–Crippen MR) is 130 cm³/mol. The van der Waals surface area contributed by atoms with Gasteiger partial charge in [0.25, 0.3) is 11.1 Å². The van der Waals surface area contributed by atoms with Gasteiger partial charge >= 0.3 is 0 Å². The van der Waals surface area contributed by atoms with Crippen LogP contribution in [0.1, 0.15) is 36.6 Å². The third-order valence-electron chi connectivity index (χ3n) is 5.58. The Kier molecular flexibility index (Phi) is 5.93. The summed E-state index contributed by atoms with van der Waals surface area (Å²) in [4.78, 5) is 39.2. The zero-order chi connectivity index (χ0) is 23.0. The van der Waals surface area contributed by atoms with Gasteiger partial charge in [0.15, 0.2) is 0 Å². The second kappa shape index (κ2) is 8.67. The van der Waals surface area contributed by atoms with E-state index in [4.69, 9.17) is 0 Å². The third kappa shape index (κ3) is 4.21. The van der Waals surface area contributed by atoms with Crippen LogP contribution in [-0.2, 0) is 9.59 Å². The van der Waals surface area contributed by atoms with E-state index in [1.165, 1.54) is 0 Å². The lowest BCUT2D eigenvalue weighted by Crippen LogP contribution is -2.36. The molecule has 32 heavy (non-hydrogen) atoms. The number of anilines is 1. The molecule has 2 heterocycles. The Hall–Kier alpha value is -3.32. The lowest BCUT2D eigenvalue weighted by Gasteiger charge is -2.13. The van der Waals surface area contributed by atoms with Gasteiger partial charge in [0.05, 0.1) is 4.91 Å². The summed E-state index contributed by atoms with van der Waals surface area (Å²) in [5, 5.41) is 3.34. The number of rotatable bonds is 5. The van der Waals surface area contributed by atoms with Crippen LogP contribution in [0.5, 0.6) is 0 Å². The SMILES string of the molecule is Cc1ccc(NC(=O)CN2C(=O)S/C(=C/c3cn(C(C)C)c4ccccc34)C2=O)cc1C. The van der Waals surface area contributed by atoms with E-state index in [-0.39, 0.29) is 12.6 Å². The molecule has 6 nitrogen and oxygen atoms in total. The molecule has 2 aromatic carbocycles. The zero-order valence-electron chi connectivity index (χ0n) is 18.5. The van der Waals surface area contributed by atoms with Gasteiger partial charge in [-0.05, 0) is 74.9 Å². The maximum atomic E-state index is 12.9. The Labute approximate surface area is 191 Å². The molecule has 0 bridgehead atoms. The second-order valence-electron chi connectivity index (χ2n) is 8.22.